The van der Waals surface area contributed by atoms with Gasteiger partial charge in [0.15, 0.2) is 34.8 Å². The van der Waals surface area contributed by atoms with Gasteiger partial charge in [0.2, 0.25) is 11.6 Å². The van der Waals surface area contributed by atoms with Gasteiger partial charge in [0.1, 0.15) is 0 Å². The van der Waals surface area contributed by atoms with Crippen LogP contribution in [0.25, 0.3) is 11.1 Å². The fourth-order valence-electron chi connectivity index (χ4n) is 7.30. The van der Waals surface area contributed by atoms with Crippen molar-refractivity contribution in [1.29, 1.82) is 0 Å². The fraction of sp³-hybridized carbons (Fsp3) is 0.500. The van der Waals surface area contributed by atoms with Gasteiger partial charge in [0.05, 0.1) is 12.2 Å². The number of phenolic OH excluding ortho intramolecular Hbond substituents is 2. The zero-order chi connectivity index (χ0) is 30.7. The van der Waals surface area contributed by atoms with Crippen molar-refractivity contribution in [3.8, 4) is 11.5 Å². The molecule has 2 unspecified atom stereocenters. The Morgan fingerprint density at radius 2 is 1.21 bits per heavy atom. The molecule has 4 aliphatic rings. The summed E-state index contributed by atoms with van der Waals surface area (Å²) < 4.78 is 81.8. The summed E-state index contributed by atoms with van der Waals surface area (Å²) in [6.45, 7) is 3.99. The van der Waals surface area contributed by atoms with E-state index in [1.54, 1.807) is 6.08 Å². The highest BCUT2D eigenvalue weighted by Crippen LogP contribution is 2.54. The Labute approximate surface area is 240 Å². The minimum atomic E-state index is -1.55. The third kappa shape index (κ3) is 4.90. The molecule has 2 aromatic rings. The molecule has 0 amide bonds. The van der Waals surface area contributed by atoms with Crippen LogP contribution < -0.4 is 0 Å². The topological polar surface area (TPSA) is 80.9 Å². The molecule has 0 heterocycles. The van der Waals surface area contributed by atoms with Crippen LogP contribution in [0.15, 0.2) is 24.3 Å². The number of allylic oxidation sites excluding steroid dienone is 4. The van der Waals surface area contributed by atoms with Crippen LogP contribution in [-0.2, 0) is 0 Å². The minimum absolute atomic E-state index is 0.0792. The van der Waals surface area contributed by atoms with Gasteiger partial charge in [-0.3, -0.25) is 0 Å². The Bertz CT molecular complexity index is 1470. The fourth-order valence-corrected chi connectivity index (χ4v) is 7.30. The van der Waals surface area contributed by atoms with Gasteiger partial charge in [-0.2, -0.15) is 8.78 Å². The molecular formula is C32H34F6O4. The molecule has 0 aromatic heterocycles. The van der Waals surface area contributed by atoms with Gasteiger partial charge in [-0.1, -0.05) is 26.0 Å². The highest BCUT2D eigenvalue weighted by atomic mass is 19.2. The third-order valence-corrected chi connectivity index (χ3v) is 10.4. The van der Waals surface area contributed by atoms with E-state index in [1.165, 1.54) is 0 Å². The Hall–Kier alpha value is -2.98. The zero-order valence-electron chi connectivity index (χ0n) is 23.3. The molecule has 2 fully saturated rings. The maximum Gasteiger partial charge on any atom is 0.204 e. The number of benzene rings is 2. The molecule has 0 spiro atoms. The monoisotopic (exact) mass is 596 g/mol. The van der Waals surface area contributed by atoms with Crippen molar-refractivity contribution < 1.29 is 46.8 Å². The van der Waals surface area contributed by atoms with E-state index in [9.17, 15) is 36.6 Å². The zero-order valence-corrected chi connectivity index (χ0v) is 23.3. The van der Waals surface area contributed by atoms with Gasteiger partial charge in [0, 0.05) is 22.0 Å². The number of hydrogen-bond acceptors (Lipinski definition) is 4. The third-order valence-electron chi connectivity index (χ3n) is 10.4. The Morgan fingerprint density at radius 1 is 0.690 bits per heavy atom. The summed E-state index contributed by atoms with van der Waals surface area (Å²) in [5.41, 5.74) is 0.336. The molecule has 4 N–H and O–H groups in total. The first kappa shape index (κ1) is 30.5. The largest absolute Gasteiger partial charge is 0.503 e. The molecule has 4 aliphatic carbocycles. The van der Waals surface area contributed by atoms with Crippen LogP contribution in [-0.4, -0.2) is 32.6 Å². The SMILES string of the molecule is C[C@]12CC=C(c3cc(F)c(O)c(F)c3F)CC1CC[C@@H]2O.C[C@]12CCC(c3cc(F)c(O)c(F)c3F)=CC1CC[C@@H]2O. The number of aliphatic hydroxyl groups is 2. The van der Waals surface area contributed by atoms with Crippen molar-refractivity contribution in [2.75, 3.05) is 0 Å². The van der Waals surface area contributed by atoms with E-state index < -0.39 is 58.6 Å². The summed E-state index contributed by atoms with van der Waals surface area (Å²) in [7, 11) is 0. The summed E-state index contributed by atoms with van der Waals surface area (Å²) in [4.78, 5) is 0. The van der Waals surface area contributed by atoms with Gasteiger partial charge in [-0.25, -0.2) is 17.6 Å². The standard InChI is InChI=1S/2C16H17F3O2/c2*1-16-5-4-8(6-9(16)2-3-12(16)20)10-7-11(17)15(21)14(19)13(10)18/h6-7,9,12,20-21H,2-5H2,1H3;4,7,9,12,20-21H,2-3,5-6H2,1H3/t2*9?,12-,16-/m00/s1. The van der Waals surface area contributed by atoms with Crippen molar-refractivity contribution in [3.05, 3.63) is 70.3 Å². The summed E-state index contributed by atoms with van der Waals surface area (Å²) in [6.07, 6.45) is 7.91. The average Bonchev–Trinajstić information content (AvgIpc) is 3.44. The van der Waals surface area contributed by atoms with Crippen LogP contribution in [0.2, 0.25) is 0 Å². The van der Waals surface area contributed by atoms with E-state index in [-0.39, 0.29) is 33.8 Å². The molecule has 6 atom stereocenters. The maximum atomic E-state index is 14.0. The Morgan fingerprint density at radius 3 is 1.81 bits per heavy atom. The average molecular weight is 597 g/mol. The summed E-state index contributed by atoms with van der Waals surface area (Å²) in [5, 5.41) is 38.3. The molecule has 0 aliphatic heterocycles. The lowest BCUT2D eigenvalue weighted by atomic mass is 9.68. The van der Waals surface area contributed by atoms with Crippen LogP contribution >= 0.6 is 0 Å². The summed E-state index contributed by atoms with van der Waals surface area (Å²) >= 11 is 0. The maximum absolute atomic E-state index is 14.0. The summed E-state index contributed by atoms with van der Waals surface area (Å²) in [5.74, 6) is -10.2. The molecule has 0 saturated heterocycles. The molecule has 10 heteroatoms. The van der Waals surface area contributed by atoms with Gasteiger partial charge < -0.3 is 20.4 Å². The van der Waals surface area contributed by atoms with E-state index in [2.05, 4.69) is 0 Å². The molecule has 2 aromatic carbocycles. The number of rotatable bonds is 2. The minimum Gasteiger partial charge on any atom is -0.503 e. The lowest BCUT2D eigenvalue weighted by Gasteiger charge is -2.38. The van der Waals surface area contributed by atoms with Crippen LogP contribution in [0.3, 0.4) is 0 Å². The van der Waals surface area contributed by atoms with E-state index in [4.69, 9.17) is 10.2 Å². The molecule has 6 rings (SSSR count). The van der Waals surface area contributed by atoms with E-state index in [0.717, 1.165) is 25.0 Å². The quantitative estimate of drug-likeness (QED) is 0.214. The molecule has 4 nitrogen and oxygen atoms in total. The highest BCUT2D eigenvalue weighted by molar-refractivity contribution is 5.69. The lowest BCUT2D eigenvalue weighted by molar-refractivity contribution is 0.0400. The number of aromatic hydroxyl groups is 2. The predicted molar refractivity (Wildman–Crippen MR) is 144 cm³/mol. The van der Waals surface area contributed by atoms with Gasteiger partial charge in [0.25, 0.3) is 0 Å². The molecule has 2 saturated carbocycles. The van der Waals surface area contributed by atoms with Gasteiger partial charge in [-0.05, 0) is 86.5 Å². The van der Waals surface area contributed by atoms with Crippen molar-refractivity contribution in [2.24, 2.45) is 22.7 Å². The van der Waals surface area contributed by atoms with Gasteiger partial charge in [-0.15, -0.1) is 0 Å². The first-order valence-corrected chi connectivity index (χ1v) is 14.2. The second-order valence-corrected chi connectivity index (χ2v) is 12.6. The lowest BCUT2D eigenvalue weighted by Crippen LogP contribution is -2.34. The number of hydrogen-bond donors (Lipinski definition) is 4. The van der Waals surface area contributed by atoms with Crippen molar-refractivity contribution in [1.82, 2.24) is 0 Å². The van der Waals surface area contributed by atoms with E-state index in [1.807, 2.05) is 19.9 Å². The van der Waals surface area contributed by atoms with Crippen LogP contribution in [0.5, 0.6) is 11.5 Å². The molecule has 0 radical (unpaired) electrons. The summed E-state index contributed by atoms with van der Waals surface area (Å²) in [6, 6.07) is 1.68. The molecule has 0 bridgehead atoms. The highest BCUT2D eigenvalue weighted by Gasteiger charge is 2.48. The van der Waals surface area contributed by atoms with Crippen molar-refractivity contribution in [3.63, 3.8) is 0 Å². The normalized spacial score (nSPS) is 32.0. The number of halogens is 6. The first-order chi connectivity index (χ1) is 19.7. The van der Waals surface area contributed by atoms with Crippen molar-refractivity contribution in [2.45, 2.75) is 77.4 Å². The van der Waals surface area contributed by atoms with Gasteiger partial charge >= 0.3 is 0 Å². The second kappa shape index (κ2) is 10.9. The van der Waals surface area contributed by atoms with Crippen LogP contribution in [0, 0.1) is 57.6 Å². The van der Waals surface area contributed by atoms with E-state index in [0.29, 0.717) is 49.7 Å². The molecule has 228 valence electrons. The van der Waals surface area contributed by atoms with Crippen molar-refractivity contribution >= 4 is 11.1 Å². The van der Waals surface area contributed by atoms with Crippen LogP contribution in [0.4, 0.5) is 26.3 Å². The van der Waals surface area contributed by atoms with Crippen LogP contribution in [0.1, 0.15) is 76.3 Å². The Balaban J connectivity index is 0.000000168. The number of fused-ring (bicyclic) bond motifs is 2. The van der Waals surface area contributed by atoms with E-state index >= 15 is 0 Å². The predicted octanol–water partition coefficient (Wildman–Crippen LogP) is 7.53. The molecule has 42 heavy (non-hydrogen) atoms. The Kier molecular flexibility index (Phi) is 7.94. The number of phenols is 2. The number of aliphatic hydroxyl groups excluding tert-OH is 2. The molecular weight excluding hydrogens is 562 g/mol. The second-order valence-electron chi connectivity index (χ2n) is 12.6. The first-order valence-electron chi connectivity index (χ1n) is 14.2. The smallest absolute Gasteiger partial charge is 0.204 e.